The molecule has 1 heterocycles. The number of benzene rings is 2. The Kier molecular flexibility index (Phi) is 7.28. The number of methoxy groups -OCH3 is 2. The maximum Gasteiger partial charge on any atom is 0.251 e. The van der Waals surface area contributed by atoms with Gasteiger partial charge in [-0.15, -0.1) is 6.58 Å². The van der Waals surface area contributed by atoms with Crippen LogP contribution in [0.15, 0.2) is 67.3 Å². The summed E-state index contributed by atoms with van der Waals surface area (Å²) in [6.07, 6.45) is 3.88. The molecular formula is C27H34N2O3. The van der Waals surface area contributed by atoms with Gasteiger partial charge in [0.25, 0.3) is 5.91 Å². The molecule has 2 aliphatic rings. The van der Waals surface area contributed by atoms with E-state index in [2.05, 4.69) is 35.0 Å². The number of rotatable bonds is 7. The van der Waals surface area contributed by atoms with Crippen LogP contribution in [-0.2, 0) is 4.74 Å². The highest BCUT2D eigenvalue weighted by molar-refractivity contribution is 5.94. The molecule has 0 radical (unpaired) electrons. The Morgan fingerprint density at radius 1 is 1.09 bits per heavy atom. The van der Waals surface area contributed by atoms with Gasteiger partial charge in [-0.1, -0.05) is 36.4 Å². The van der Waals surface area contributed by atoms with Gasteiger partial charge in [0.1, 0.15) is 5.75 Å². The Hall–Kier alpha value is -2.63. The van der Waals surface area contributed by atoms with Crippen LogP contribution in [0.25, 0.3) is 0 Å². The molecule has 4 rings (SSSR count). The van der Waals surface area contributed by atoms with Gasteiger partial charge in [-0.3, -0.25) is 9.69 Å². The van der Waals surface area contributed by atoms with Crippen LogP contribution in [0.4, 0.5) is 0 Å². The topological polar surface area (TPSA) is 50.8 Å². The highest BCUT2D eigenvalue weighted by atomic mass is 16.5. The molecule has 5 heteroatoms. The predicted octanol–water partition coefficient (Wildman–Crippen LogP) is 4.12. The smallest absolute Gasteiger partial charge is 0.251 e. The zero-order valence-corrected chi connectivity index (χ0v) is 19.1. The zero-order valence-electron chi connectivity index (χ0n) is 19.1. The first kappa shape index (κ1) is 22.6. The van der Waals surface area contributed by atoms with E-state index in [1.54, 1.807) is 14.2 Å². The monoisotopic (exact) mass is 434 g/mol. The first-order valence-electron chi connectivity index (χ1n) is 11.5. The molecule has 5 atom stereocenters. The first-order chi connectivity index (χ1) is 15.6. The van der Waals surface area contributed by atoms with Crippen LogP contribution in [0.5, 0.6) is 5.75 Å². The molecule has 2 aromatic rings. The van der Waals surface area contributed by atoms with E-state index in [4.69, 9.17) is 9.47 Å². The third kappa shape index (κ3) is 4.89. The number of carbonyl (C=O) groups is 1. The van der Waals surface area contributed by atoms with Crippen molar-refractivity contribution in [1.82, 2.24) is 10.2 Å². The van der Waals surface area contributed by atoms with E-state index in [1.807, 2.05) is 42.5 Å². The normalized spacial score (nSPS) is 27.9. The number of hydrogen-bond acceptors (Lipinski definition) is 4. The third-order valence-electron chi connectivity index (χ3n) is 7.12. The molecule has 2 fully saturated rings. The summed E-state index contributed by atoms with van der Waals surface area (Å²) in [4.78, 5) is 15.3. The highest BCUT2D eigenvalue weighted by Crippen LogP contribution is 2.45. The fraction of sp³-hybridized carbons (Fsp3) is 0.444. The average Bonchev–Trinajstić information content (AvgIpc) is 2.84. The highest BCUT2D eigenvalue weighted by Gasteiger charge is 2.46. The van der Waals surface area contributed by atoms with E-state index in [-0.39, 0.29) is 18.1 Å². The Bertz CT molecular complexity index is 916. The number of likely N-dealkylation sites (tertiary alicyclic amines) is 1. The number of carbonyl (C=O) groups excluding carboxylic acids is 1. The van der Waals surface area contributed by atoms with Gasteiger partial charge < -0.3 is 14.8 Å². The fourth-order valence-corrected chi connectivity index (χ4v) is 5.64. The van der Waals surface area contributed by atoms with Crippen molar-refractivity contribution in [2.75, 3.05) is 33.9 Å². The van der Waals surface area contributed by atoms with Crippen molar-refractivity contribution in [2.24, 2.45) is 11.8 Å². The molecule has 170 valence electrons. The molecule has 0 bridgehead atoms. The van der Waals surface area contributed by atoms with E-state index in [0.29, 0.717) is 23.3 Å². The van der Waals surface area contributed by atoms with Gasteiger partial charge in [0.05, 0.1) is 13.2 Å². The minimum atomic E-state index is -0.00840. The van der Waals surface area contributed by atoms with Gasteiger partial charge in [-0.2, -0.15) is 0 Å². The molecule has 0 aromatic heterocycles. The van der Waals surface area contributed by atoms with Crippen LogP contribution in [-0.4, -0.2) is 56.8 Å². The second-order valence-corrected chi connectivity index (χ2v) is 9.00. The standard InChI is InChI=1S/C27H34N2O3/c1-4-13-29-17-24(20-11-8-12-22(14-20)31-2)23-15-21(16-26(32-3)25(23)18-29)28-27(30)19-9-6-5-7-10-19/h4-12,14,21,23-26H,1,13,15-18H2,2-3H3,(H,28,30)/t21-,23?,24+,25?,26-/m1/s1. The van der Waals surface area contributed by atoms with Gasteiger partial charge in [0.15, 0.2) is 0 Å². The van der Waals surface area contributed by atoms with Crippen LogP contribution in [0.2, 0.25) is 0 Å². The molecule has 2 aromatic carbocycles. The Morgan fingerprint density at radius 2 is 1.91 bits per heavy atom. The zero-order chi connectivity index (χ0) is 22.5. The maximum absolute atomic E-state index is 12.9. The minimum absolute atomic E-state index is 0.00840. The number of piperidine rings is 1. The number of amides is 1. The van der Waals surface area contributed by atoms with E-state index in [0.717, 1.165) is 38.2 Å². The molecule has 1 amide bonds. The Balaban J connectivity index is 1.60. The van der Waals surface area contributed by atoms with Crippen LogP contribution in [0.1, 0.15) is 34.7 Å². The lowest BCUT2D eigenvalue weighted by Gasteiger charge is -2.51. The van der Waals surface area contributed by atoms with Gasteiger partial charge in [-0.25, -0.2) is 0 Å². The number of fused-ring (bicyclic) bond motifs is 1. The van der Waals surface area contributed by atoms with Gasteiger partial charge in [-0.05, 0) is 48.6 Å². The maximum atomic E-state index is 12.9. The summed E-state index contributed by atoms with van der Waals surface area (Å²) < 4.78 is 11.5. The molecule has 5 nitrogen and oxygen atoms in total. The quantitative estimate of drug-likeness (QED) is 0.666. The second kappa shape index (κ2) is 10.3. The van der Waals surface area contributed by atoms with E-state index in [1.165, 1.54) is 5.56 Å². The van der Waals surface area contributed by atoms with Crippen molar-refractivity contribution >= 4 is 5.91 Å². The van der Waals surface area contributed by atoms with Crippen molar-refractivity contribution in [3.05, 3.63) is 78.4 Å². The molecule has 1 saturated heterocycles. The van der Waals surface area contributed by atoms with Crippen molar-refractivity contribution in [2.45, 2.75) is 30.9 Å². The molecule has 1 aliphatic heterocycles. The summed E-state index contributed by atoms with van der Waals surface area (Å²) in [7, 11) is 3.51. The Morgan fingerprint density at radius 3 is 2.62 bits per heavy atom. The van der Waals surface area contributed by atoms with Crippen LogP contribution >= 0.6 is 0 Å². The lowest BCUT2D eigenvalue weighted by Crippen LogP contribution is -2.56. The van der Waals surface area contributed by atoms with Crippen LogP contribution < -0.4 is 10.1 Å². The summed E-state index contributed by atoms with van der Waals surface area (Å²) in [6.45, 7) is 6.79. The van der Waals surface area contributed by atoms with Crippen molar-refractivity contribution in [3.63, 3.8) is 0 Å². The molecular weight excluding hydrogens is 400 g/mol. The summed E-state index contributed by atoms with van der Waals surface area (Å²) in [5.41, 5.74) is 1.99. The molecule has 2 unspecified atom stereocenters. The third-order valence-corrected chi connectivity index (χ3v) is 7.12. The van der Waals surface area contributed by atoms with E-state index in [9.17, 15) is 4.79 Å². The second-order valence-electron chi connectivity index (χ2n) is 9.00. The number of nitrogens with one attached hydrogen (secondary N) is 1. The lowest BCUT2D eigenvalue weighted by atomic mass is 9.65. The number of ether oxygens (including phenoxy) is 2. The number of hydrogen-bond donors (Lipinski definition) is 1. The van der Waals surface area contributed by atoms with E-state index < -0.39 is 0 Å². The molecule has 1 N–H and O–H groups in total. The van der Waals surface area contributed by atoms with Crippen LogP contribution in [0.3, 0.4) is 0 Å². The van der Waals surface area contributed by atoms with Crippen molar-refractivity contribution < 1.29 is 14.3 Å². The molecule has 32 heavy (non-hydrogen) atoms. The summed E-state index contributed by atoms with van der Waals surface area (Å²) in [5, 5.41) is 3.29. The fourth-order valence-electron chi connectivity index (χ4n) is 5.64. The summed E-state index contributed by atoms with van der Waals surface area (Å²) in [6, 6.07) is 18.0. The van der Waals surface area contributed by atoms with E-state index >= 15 is 0 Å². The first-order valence-corrected chi connectivity index (χ1v) is 11.5. The molecule has 1 saturated carbocycles. The van der Waals surface area contributed by atoms with Gasteiger partial charge in [0, 0.05) is 50.2 Å². The summed E-state index contributed by atoms with van der Waals surface area (Å²) in [5.74, 6) is 2.05. The minimum Gasteiger partial charge on any atom is -0.497 e. The Labute approximate surface area is 191 Å². The summed E-state index contributed by atoms with van der Waals surface area (Å²) >= 11 is 0. The van der Waals surface area contributed by atoms with Gasteiger partial charge in [0.2, 0.25) is 0 Å². The largest absolute Gasteiger partial charge is 0.497 e. The van der Waals surface area contributed by atoms with Crippen molar-refractivity contribution in [1.29, 1.82) is 0 Å². The lowest BCUT2D eigenvalue weighted by molar-refractivity contribution is -0.0569. The van der Waals surface area contributed by atoms with Gasteiger partial charge >= 0.3 is 0 Å². The SMILES string of the molecule is C=CCN1CC2C(C[C@@H](NC(=O)c3ccccc3)C[C@H]2OC)[C@H](c2cccc(OC)c2)C1. The van der Waals surface area contributed by atoms with Crippen molar-refractivity contribution in [3.8, 4) is 5.75 Å². The van der Waals surface area contributed by atoms with Crippen LogP contribution in [0, 0.1) is 11.8 Å². The molecule has 1 aliphatic carbocycles. The molecule has 0 spiro atoms. The number of nitrogens with zero attached hydrogens (tertiary/aromatic N) is 1. The average molecular weight is 435 g/mol. The predicted molar refractivity (Wildman–Crippen MR) is 127 cm³/mol.